The first kappa shape index (κ1) is 93.2. The minimum Gasteiger partial charge on any atom is -0.378 e. The highest BCUT2D eigenvalue weighted by molar-refractivity contribution is 6.03. The number of imidazole rings is 4. The van der Waals surface area contributed by atoms with Gasteiger partial charge in [-0.15, -0.1) is 0 Å². The van der Waals surface area contributed by atoms with Gasteiger partial charge >= 0.3 is 0 Å². The molecule has 0 unspecified atom stereocenters. The molecule has 0 bridgehead atoms. The average molecular weight is 1940 g/mol. The van der Waals surface area contributed by atoms with Crippen molar-refractivity contribution in [3.05, 3.63) is 197 Å². The Morgan fingerprint density at radius 3 is 0.938 bits per heavy atom. The number of ether oxygens (including phenoxy) is 2. The number of aromatic amines is 8. The summed E-state index contributed by atoms with van der Waals surface area (Å²) in [5.41, 5.74) is 26.3. The maximum absolute atomic E-state index is 12.2. The van der Waals surface area contributed by atoms with Crippen molar-refractivity contribution in [1.29, 1.82) is 0 Å². The number of rotatable bonds is 22. The molecule has 12 N–H and O–H groups in total. The summed E-state index contributed by atoms with van der Waals surface area (Å²) in [7, 11) is 2.14. The van der Waals surface area contributed by atoms with Crippen LogP contribution in [0.4, 0.5) is 39.8 Å². The second-order valence-corrected chi connectivity index (χ2v) is 36.0. The molecule has 4 amide bonds. The molecule has 0 radical (unpaired) electrons. The van der Waals surface area contributed by atoms with Crippen LogP contribution in [0.2, 0.25) is 0 Å². The molecule has 0 aliphatic carbocycles. The highest BCUT2D eigenvalue weighted by atomic mass is 16.5. The number of hydrogen-bond donors (Lipinski definition) is 12. The molecule has 728 valence electrons. The van der Waals surface area contributed by atoms with E-state index in [0.717, 1.165) is 214 Å². The van der Waals surface area contributed by atoms with Gasteiger partial charge in [-0.25, -0.2) is 39.9 Å². The number of likely N-dealkylation sites (N-methyl/N-ethyl adjacent to an activating group) is 1. The molecule has 145 heavy (non-hydrogen) atoms. The van der Waals surface area contributed by atoms with Crippen molar-refractivity contribution in [1.82, 2.24) is 150 Å². The zero-order chi connectivity index (χ0) is 99.1. The number of piperazine rings is 1. The van der Waals surface area contributed by atoms with Crippen LogP contribution in [0.3, 0.4) is 0 Å². The number of morpholine rings is 2. The molecule has 3 fully saturated rings. The molecule has 0 saturated carbocycles. The summed E-state index contributed by atoms with van der Waals surface area (Å²) in [4.78, 5) is 147. The number of pyridine rings is 13. The highest BCUT2D eigenvalue weighted by Gasteiger charge is 2.28. The number of fused-ring (bicyclic) bond motifs is 8. The van der Waals surface area contributed by atoms with Gasteiger partial charge in [0.2, 0.25) is 23.6 Å². The molecule has 24 rings (SSSR count). The van der Waals surface area contributed by atoms with Gasteiger partial charge < -0.3 is 70.3 Å². The quantitative estimate of drug-likeness (QED) is 0.0300. The van der Waals surface area contributed by atoms with Crippen molar-refractivity contribution in [2.75, 3.05) is 122 Å². The predicted molar refractivity (Wildman–Crippen MR) is 553 cm³/mol. The van der Waals surface area contributed by atoms with Gasteiger partial charge in [-0.1, -0.05) is 41.5 Å². The molecule has 24 heterocycles. The third kappa shape index (κ3) is 20.4. The van der Waals surface area contributed by atoms with Crippen molar-refractivity contribution in [3.63, 3.8) is 0 Å². The predicted octanol–water partition coefficient (Wildman–Crippen LogP) is 15.0. The number of carbonyl (C=O) groups excluding carboxylic acids is 4. The molecular formula is C102H99N37O6. The molecule has 3 saturated heterocycles. The minimum atomic E-state index is -0.0693. The van der Waals surface area contributed by atoms with Gasteiger partial charge in [0.15, 0.2) is 45.9 Å². The number of hydrogen-bond acceptors (Lipinski definition) is 31. The van der Waals surface area contributed by atoms with Gasteiger partial charge in [-0.3, -0.25) is 84.4 Å². The Hall–Kier alpha value is -18.1. The lowest BCUT2D eigenvalue weighted by Crippen LogP contribution is -2.44. The van der Waals surface area contributed by atoms with Crippen LogP contribution in [0.5, 0.6) is 0 Å². The van der Waals surface area contributed by atoms with Crippen LogP contribution in [0.15, 0.2) is 197 Å². The normalized spacial score (nSPS) is 13.5. The number of nitrogens with one attached hydrogen (secondary N) is 12. The van der Waals surface area contributed by atoms with Crippen LogP contribution in [0, 0.1) is 11.8 Å². The van der Waals surface area contributed by atoms with E-state index in [1.165, 1.54) is 0 Å². The third-order valence-corrected chi connectivity index (χ3v) is 24.9. The Labute approximate surface area is 825 Å². The summed E-state index contributed by atoms with van der Waals surface area (Å²) < 4.78 is 11.0. The van der Waals surface area contributed by atoms with E-state index in [9.17, 15) is 19.2 Å². The van der Waals surface area contributed by atoms with E-state index in [2.05, 4.69) is 173 Å². The van der Waals surface area contributed by atoms with Crippen LogP contribution >= 0.6 is 0 Å². The van der Waals surface area contributed by atoms with E-state index in [4.69, 9.17) is 29.4 Å². The molecule has 21 aromatic heterocycles. The molecule has 0 atom stereocenters. The number of H-pyrrole nitrogens is 8. The van der Waals surface area contributed by atoms with Crippen LogP contribution < -0.4 is 36.0 Å². The average Bonchev–Trinajstić information content (AvgIpc) is 1.63. The second kappa shape index (κ2) is 41.3. The first-order valence-electron chi connectivity index (χ1n) is 47.6. The van der Waals surface area contributed by atoms with Crippen LogP contribution in [0.1, 0.15) is 67.2 Å². The number of aromatic nitrogens is 29. The Morgan fingerprint density at radius 1 is 0.324 bits per heavy atom. The first-order valence-corrected chi connectivity index (χ1v) is 47.6. The molecule has 0 aromatic carbocycles. The maximum Gasteiger partial charge on any atom is 0.224 e. The fourth-order valence-electron chi connectivity index (χ4n) is 17.5. The Morgan fingerprint density at radius 2 is 0.614 bits per heavy atom. The SMILES string of the molecule is CC(C)CC(=O)Nc1cncc(-c2cnc3n[nH]c(-c4nc5c(N6CCN(C)CC6)cncc5[nH]4)c3c2)c1.CC(C)CC(=O)Nc1cncc(-c2cnc3n[nH]c(-c4nc5c(N6CCOCC6)cncc5[nH]4)c3c2)c1.CCC(=O)Nc1cncc(-c2cnc3n[nH]c(-c4nc5c(-c6ccncc6)cncc5[nH]4)c3c2)c1.CCC(=O)Nc1cncc(-c2cnc3n[nH]c(-c4nc5c(N6CCOCC6)cncc5[nH]4)c3c2)c1. The second-order valence-electron chi connectivity index (χ2n) is 36.0. The van der Waals surface area contributed by atoms with Crippen molar-refractivity contribution >= 4 is 152 Å². The summed E-state index contributed by atoms with van der Waals surface area (Å²) in [6.07, 6.45) is 40.2. The van der Waals surface area contributed by atoms with Gasteiger partial charge in [0.1, 0.15) is 39.3 Å². The fourth-order valence-corrected chi connectivity index (χ4v) is 17.5. The van der Waals surface area contributed by atoms with E-state index >= 15 is 0 Å². The summed E-state index contributed by atoms with van der Waals surface area (Å²) in [6, 6.07) is 19.4. The van der Waals surface area contributed by atoms with Gasteiger partial charge in [0.25, 0.3) is 0 Å². The topological polar surface area (TPSA) is 545 Å². The summed E-state index contributed by atoms with van der Waals surface area (Å²) in [5.74, 6) is 2.99. The van der Waals surface area contributed by atoms with E-state index in [0.29, 0.717) is 121 Å². The number of carbonyl (C=O) groups is 4. The number of nitrogens with zero attached hydrogens (tertiary/aromatic N) is 25. The summed E-state index contributed by atoms with van der Waals surface area (Å²) >= 11 is 0. The minimum absolute atomic E-state index is 0.0278. The Balaban J connectivity index is 0.000000114. The van der Waals surface area contributed by atoms with Crippen molar-refractivity contribution < 1.29 is 28.7 Å². The first-order chi connectivity index (χ1) is 70.9. The monoisotopic (exact) mass is 1940 g/mol. The third-order valence-electron chi connectivity index (χ3n) is 24.9. The highest BCUT2D eigenvalue weighted by Crippen LogP contribution is 2.40. The van der Waals surface area contributed by atoms with Gasteiger partial charge in [-0.2, -0.15) is 20.4 Å². The summed E-state index contributed by atoms with van der Waals surface area (Å²) in [6.45, 7) is 21.5. The largest absolute Gasteiger partial charge is 0.378 e. The van der Waals surface area contributed by atoms with Gasteiger partial charge in [-0.05, 0) is 85.1 Å². The lowest BCUT2D eigenvalue weighted by Gasteiger charge is -2.33. The smallest absolute Gasteiger partial charge is 0.224 e. The molecule has 43 heteroatoms. The maximum atomic E-state index is 12.2. The summed E-state index contributed by atoms with van der Waals surface area (Å²) in [5, 5.41) is 44.7. The Kier molecular flexibility index (Phi) is 26.6. The van der Waals surface area contributed by atoms with Crippen molar-refractivity contribution in [2.24, 2.45) is 11.8 Å². The molecule has 3 aliphatic heterocycles. The van der Waals surface area contributed by atoms with E-state index < -0.39 is 0 Å². The van der Waals surface area contributed by atoms with Crippen molar-refractivity contribution in [3.8, 4) is 102 Å². The van der Waals surface area contributed by atoms with E-state index in [1.54, 1.807) is 125 Å². The number of anilines is 7. The van der Waals surface area contributed by atoms with Crippen molar-refractivity contribution in [2.45, 2.75) is 67.2 Å². The molecular weight excluding hydrogens is 1840 g/mol. The zero-order valence-corrected chi connectivity index (χ0v) is 80.1. The van der Waals surface area contributed by atoms with E-state index in [1.807, 2.05) is 114 Å². The molecule has 3 aliphatic rings. The standard InChI is InChI=1S/C27H30N10O.C26H27N9O2.C25H19N9O.C24H23N9O2/c1-16(2)8-23(38)31-19-9-17(11-28-13-19)18-10-20-24(34-35-26(20)30-12-18)27-32-21-14-29-15-22(25(21)33-27)37-6-4-36(3)5-7-37;1-15(2)7-22(36)30-18-8-16(10-27-12-18)17-9-19-23(33-34-25(19)29-11-17)26-31-20-13-28-14-21(24(20)32-26)35-3-5-37-6-4-35;1-2-21(35)30-17-7-15(9-27-11-17)16-8-18-23(33-34-24(18)29-10-16)25-31-20-13-28-12-19(22(20)32-25)14-3-5-26-6-4-14;1-2-20(34)28-16-7-14(9-25-11-16)15-8-17-21(31-32-23(17)27-10-15)24-29-18-12-26-13-19(22(18)30-24)33-3-5-35-6-4-33/h9-16H,4-8H2,1-3H3,(H,31,38)(H,32,33)(H,30,34,35);8-15H,3-7H2,1-2H3,(H,30,36)(H,31,32)(H,29,33,34);3-13H,2H2,1H3,(H,30,35)(H,31,32)(H,29,33,34);7-13H,2-6H2,1H3,(H,28,34)(H,29,30)(H,27,31,32). The van der Waals surface area contributed by atoms with Gasteiger partial charge in [0.05, 0.1) is 184 Å². The lowest BCUT2D eigenvalue weighted by molar-refractivity contribution is -0.117. The van der Waals surface area contributed by atoms with Crippen LogP contribution in [0.25, 0.3) is 190 Å². The van der Waals surface area contributed by atoms with Crippen LogP contribution in [-0.4, -0.2) is 260 Å². The van der Waals surface area contributed by atoms with Gasteiger partial charge in [0, 0.05) is 196 Å². The van der Waals surface area contributed by atoms with Crippen LogP contribution in [-0.2, 0) is 28.7 Å². The molecule has 21 aromatic rings. The lowest BCUT2D eigenvalue weighted by atomic mass is 10.1. The molecule has 43 nitrogen and oxygen atoms in total. The fraction of sp³-hybridized carbons (Fsp3) is 0.245. The molecule has 0 spiro atoms. The number of amides is 4. The Bertz CT molecular complexity index is 8350. The zero-order valence-electron chi connectivity index (χ0n) is 80.1. The van der Waals surface area contributed by atoms with E-state index in [-0.39, 0.29) is 35.5 Å².